The van der Waals surface area contributed by atoms with Gasteiger partial charge < -0.3 is 15.0 Å². The van der Waals surface area contributed by atoms with Crippen molar-refractivity contribution in [1.29, 1.82) is 0 Å². The van der Waals surface area contributed by atoms with Crippen molar-refractivity contribution < 1.29 is 13.9 Å². The first-order chi connectivity index (χ1) is 8.83. The quantitative estimate of drug-likeness (QED) is 0.856. The van der Waals surface area contributed by atoms with Crippen LogP contribution >= 0.6 is 0 Å². The predicted octanol–water partition coefficient (Wildman–Crippen LogP) is 2.58. The van der Waals surface area contributed by atoms with Crippen molar-refractivity contribution in [2.24, 2.45) is 5.92 Å². The molecule has 112 valence electrons. The van der Waals surface area contributed by atoms with Crippen molar-refractivity contribution in [3.63, 3.8) is 0 Å². The number of carbonyl (C=O) groups excluding carboxylic acids is 1. The van der Waals surface area contributed by atoms with Crippen molar-refractivity contribution >= 4 is 6.09 Å². The average Bonchev–Trinajstić information content (AvgIpc) is 2.34. The molecule has 0 aliphatic carbocycles. The fraction of sp³-hybridized carbons (Fsp3) is 0.929. The Kier molecular flexibility index (Phi) is 6.04. The Balaban J connectivity index is 2.47. The second-order valence-corrected chi connectivity index (χ2v) is 6.24. The molecule has 0 radical (unpaired) electrons. The van der Waals surface area contributed by atoms with Gasteiger partial charge in [0.2, 0.25) is 0 Å². The van der Waals surface area contributed by atoms with Crippen LogP contribution in [0.4, 0.5) is 9.18 Å². The molecule has 0 aromatic rings. The van der Waals surface area contributed by atoms with Crippen LogP contribution in [-0.2, 0) is 4.74 Å². The first-order valence-electron chi connectivity index (χ1n) is 7.10. The lowest BCUT2D eigenvalue weighted by Crippen LogP contribution is -2.45. The summed E-state index contributed by atoms with van der Waals surface area (Å²) in [6.45, 7) is 7.35. The maximum absolute atomic E-state index is 14.0. The number of nitrogens with one attached hydrogen (secondary N) is 1. The highest BCUT2D eigenvalue weighted by Crippen LogP contribution is 2.24. The molecule has 0 bridgehead atoms. The number of amides is 1. The van der Waals surface area contributed by atoms with Gasteiger partial charge in [0, 0.05) is 19.0 Å². The van der Waals surface area contributed by atoms with E-state index in [1.54, 1.807) is 4.90 Å². The first kappa shape index (κ1) is 16.2. The Bertz CT molecular complexity index is 292. The zero-order valence-corrected chi connectivity index (χ0v) is 12.5. The highest BCUT2D eigenvalue weighted by Gasteiger charge is 2.31. The number of rotatable bonds is 4. The number of hydrogen-bond donors (Lipinski definition) is 1. The van der Waals surface area contributed by atoms with Crippen molar-refractivity contribution in [2.75, 3.05) is 26.7 Å². The van der Waals surface area contributed by atoms with Gasteiger partial charge in [-0.3, -0.25) is 0 Å². The Labute approximate surface area is 115 Å². The molecular formula is C14H27FN2O2. The maximum atomic E-state index is 14.0. The van der Waals surface area contributed by atoms with E-state index < -0.39 is 11.8 Å². The summed E-state index contributed by atoms with van der Waals surface area (Å²) in [4.78, 5) is 13.6. The molecule has 1 heterocycles. The Hall–Kier alpha value is -0.840. The smallest absolute Gasteiger partial charge is 0.410 e. The lowest BCUT2D eigenvalue weighted by molar-refractivity contribution is 0.0107. The van der Waals surface area contributed by atoms with Crippen molar-refractivity contribution in [3.8, 4) is 0 Å². The highest BCUT2D eigenvalue weighted by atomic mass is 19.1. The number of nitrogens with zero attached hydrogens (tertiary/aromatic N) is 1. The van der Waals surface area contributed by atoms with E-state index in [2.05, 4.69) is 5.32 Å². The molecule has 1 amide bonds. The minimum absolute atomic E-state index is 0.0605. The molecular weight excluding hydrogens is 247 g/mol. The van der Waals surface area contributed by atoms with Gasteiger partial charge in [-0.1, -0.05) is 0 Å². The summed E-state index contributed by atoms with van der Waals surface area (Å²) >= 11 is 0. The fourth-order valence-electron chi connectivity index (χ4n) is 2.32. The van der Waals surface area contributed by atoms with E-state index >= 15 is 0 Å². The highest BCUT2D eigenvalue weighted by molar-refractivity contribution is 5.68. The van der Waals surface area contributed by atoms with E-state index in [-0.39, 0.29) is 12.0 Å². The zero-order valence-electron chi connectivity index (χ0n) is 12.5. The monoisotopic (exact) mass is 274 g/mol. The van der Waals surface area contributed by atoms with Crippen molar-refractivity contribution in [1.82, 2.24) is 10.2 Å². The number of carbonyl (C=O) groups is 1. The number of alkyl halides is 1. The number of ether oxygens (including phenoxy) is 1. The maximum Gasteiger partial charge on any atom is 0.410 e. The molecule has 4 nitrogen and oxygen atoms in total. The molecule has 2 unspecified atom stereocenters. The Morgan fingerprint density at radius 3 is 2.79 bits per heavy atom. The van der Waals surface area contributed by atoms with E-state index in [1.807, 2.05) is 27.8 Å². The van der Waals surface area contributed by atoms with Gasteiger partial charge >= 0.3 is 6.09 Å². The normalized spacial score (nSPS) is 22.2. The molecule has 0 spiro atoms. The number of piperidine rings is 1. The topological polar surface area (TPSA) is 41.6 Å². The van der Waals surface area contributed by atoms with Gasteiger partial charge in [0.15, 0.2) is 0 Å². The molecule has 0 aromatic heterocycles. The van der Waals surface area contributed by atoms with E-state index in [4.69, 9.17) is 4.74 Å². The second-order valence-electron chi connectivity index (χ2n) is 6.24. The predicted molar refractivity (Wildman–Crippen MR) is 74.0 cm³/mol. The third kappa shape index (κ3) is 5.76. The number of likely N-dealkylation sites (tertiary alicyclic amines) is 1. The molecule has 1 saturated heterocycles. The molecule has 1 aliphatic heterocycles. The molecule has 1 aliphatic rings. The van der Waals surface area contributed by atoms with Crippen LogP contribution in [0.5, 0.6) is 0 Å². The lowest BCUT2D eigenvalue weighted by atomic mass is 9.92. The van der Waals surface area contributed by atoms with E-state index in [0.29, 0.717) is 26.1 Å². The number of hydrogen-bond acceptors (Lipinski definition) is 3. The van der Waals surface area contributed by atoms with Gasteiger partial charge in [-0.05, 0) is 53.6 Å². The molecule has 0 aromatic carbocycles. The van der Waals surface area contributed by atoms with Crippen LogP contribution in [0, 0.1) is 5.92 Å². The number of halogens is 1. The van der Waals surface area contributed by atoms with E-state index in [0.717, 1.165) is 12.8 Å². The Morgan fingerprint density at radius 2 is 2.21 bits per heavy atom. The van der Waals surface area contributed by atoms with Gasteiger partial charge in [0.1, 0.15) is 11.8 Å². The second kappa shape index (κ2) is 7.08. The summed E-state index contributed by atoms with van der Waals surface area (Å²) in [7, 11) is 1.82. The molecule has 5 heteroatoms. The van der Waals surface area contributed by atoms with Crippen molar-refractivity contribution in [3.05, 3.63) is 0 Å². The first-order valence-corrected chi connectivity index (χ1v) is 7.10. The minimum Gasteiger partial charge on any atom is -0.444 e. The van der Waals surface area contributed by atoms with Gasteiger partial charge in [-0.15, -0.1) is 0 Å². The third-order valence-corrected chi connectivity index (χ3v) is 3.29. The minimum atomic E-state index is -0.849. The Morgan fingerprint density at radius 1 is 1.53 bits per heavy atom. The standard InChI is InChI=1S/C14H27FN2O2/c1-14(2,3)19-13(18)17-9-5-6-11(10-17)12(15)7-8-16-4/h11-12,16H,5-10H2,1-4H3. The zero-order chi connectivity index (χ0) is 14.5. The fourth-order valence-corrected chi connectivity index (χ4v) is 2.32. The van der Waals surface area contributed by atoms with Crippen LogP contribution < -0.4 is 5.32 Å². The largest absolute Gasteiger partial charge is 0.444 e. The summed E-state index contributed by atoms with van der Waals surface area (Å²) < 4.78 is 19.4. The SMILES string of the molecule is CNCCC(F)C1CCCN(C(=O)OC(C)(C)C)C1. The van der Waals surface area contributed by atoms with Crippen LogP contribution in [0.2, 0.25) is 0 Å². The van der Waals surface area contributed by atoms with Crippen LogP contribution in [0.3, 0.4) is 0 Å². The van der Waals surface area contributed by atoms with Crippen LogP contribution in [-0.4, -0.2) is 49.4 Å². The molecule has 1 rings (SSSR count). The summed E-state index contributed by atoms with van der Waals surface area (Å²) in [5.74, 6) is -0.0605. The van der Waals surface area contributed by atoms with E-state index in [9.17, 15) is 9.18 Å². The molecule has 1 fully saturated rings. The molecule has 1 N–H and O–H groups in total. The van der Waals surface area contributed by atoms with Crippen LogP contribution in [0.15, 0.2) is 0 Å². The van der Waals surface area contributed by atoms with Gasteiger partial charge in [-0.2, -0.15) is 0 Å². The van der Waals surface area contributed by atoms with Crippen molar-refractivity contribution in [2.45, 2.75) is 51.8 Å². The third-order valence-electron chi connectivity index (χ3n) is 3.29. The van der Waals surface area contributed by atoms with Gasteiger partial charge in [0.05, 0.1) is 0 Å². The van der Waals surface area contributed by atoms with Crippen LogP contribution in [0.25, 0.3) is 0 Å². The molecule has 0 saturated carbocycles. The molecule has 19 heavy (non-hydrogen) atoms. The lowest BCUT2D eigenvalue weighted by Gasteiger charge is -2.35. The summed E-state index contributed by atoms with van der Waals surface area (Å²) in [5, 5.41) is 2.96. The summed E-state index contributed by atoms with van der Waals surface area (Å²) in [5.41, 5.74) is -0.495. The van der Waals surface area contributed by atoms with Gasteiger partial charge in [-0.25, -0.2) is 9.18 Å². The average molecular weight is 274 g/mol. The van der Waals surface area contributed by atoms with E-state index in [1.165, 1.54) is 0 Å². The summed E-state index contributed by atoms with van der Waals surface area (Å²) in [6.07, 6.45) is 1.04. The summed E-state index contributed by atoms with van der Waals surface area (Å²) in [6, 6.07) is 0. The molecule has 2 atom stereocenters. The van der Waals surface area contributed by atoms with Crippen LogP contribution in [0.1, 0.15) is 40.0 Å². The van der Waals surface area contributed by atoms with Gasteiger partial charge in [0.25, 0.3) is 0 Å².